The van der Waals surface area contributed by atoms with Gasteiger partial charge in [-0.3, -0.25) is 0 Å². The molecule has 120 valence electrons. The first kappa shape index (κ1) is 14.6. The van der Waals surface area contributed by atoms with E-state index in [0.717, 1.165) is 24.0 Å². The molecule has 0 amide bonds. The zero-order valence-corrected chi connectivity index (χ0v) is 13.4. The largest absolute Gasteiger partial charge is 0.493 e. The second-order valence-electron chi connectivity index (χ2n) is 6.63. The summed E-state index contributed by atoms with van der Waals surface area (Å²) in [5.41, 5.74) is 1.18. The number of hydrogen-bond acceptors (Lipinski definition) is 3. The first-order valence-electron chi connectivity index (χ1n) is 8.49. The Morgan fingerprint density at radius 3 is 2.26 bits per heavy atom. The van der Waals surface area contributed by atoms with E-state index >= 15 is 0 Å². The Morgan fingerprint density at radius 2 is 1.61 bits per heavy atom. The summed E-state index contributed by atoms with van der Waals surface area (Å²) in [5.74, 6) is 3.38. The highest BCUT2D eigenvalue weighted by atomic mass is 16.5. The van der Waals surface area contributed by atoms with Crippen molar-refractivity contribution in [2.75, 3.05) is 26.2 Å². The third kappa shape index (κ3) is 3.50. The lowest BCUT2D eigenvalue weighted by molar-refractivity contribution is 0.194. The first-order valence-corrected chi connectivity index (χ1v) is 8.49. The van der Waals surface area contributed by atoms with Crippen molar-refractivity contribution in [3.8, 4) is 11.5 Å². The Kier molecular flexibility index (Phi) is 4.20. The zero-order valence-electron chi connectivity index (χ0n) is 13.4. The molecule has 3 nitrogen and oxygen atoms in total. The third-order valence-electron chi connectivity index (χ3n) is 5.00. The molecule has 2 saturated heterocycles. The molecule has 3 atom stereocenters. The van der Waals surface area contributed by atoms with Crippen molar-refractivity contribution in [3.63, 3.8) is 0 Å². The minimum atomic E-state index is 0.598. The third-order valence-corrected chi connectivity index (χ3v) is 5.00. The van der Waals surface area contributed by atoms with E-state index in [-0.39, 0.29) is 0 Å². The van der Waals surface area contributed by atoms with Crippen LogP contribution in [0.1, 0.15) is 12.0 Å². The van der Waals surface area contributed by atoms with Gasteiger partial charge < -0.3 is 14.4 Å². The topological polar surface area (TPSA) is 21.7 Å². The van der Waals surface area contributed by atoms with E-state index in [4.69, 9.17) is 9.47 Å². The van der Waals surface area contributed by atoms with E-state index in [2.05, 4.69) is 17.0 Å². The molecule has 3 heteroatoms. The summed E-state index contributed by atoms with van der Waals surface area (Å²) in [6, 6.07) is 18.2. The number of ether oxygens (including phenoxy) is 2. The van der Waals surface area contributed by atoms with Crippen LogP contribution in [0.15, 0.2) is 54.6 Å². The molecule has 2 heterocycles. The SMILES string of the molecule is c1ccc(COc2ccc(OCC3CN4CCC3C4)cc2)cc1. The number of hydrogen-bond donors (Lipinski definition) is 0. The lowest BCUT2D eigenvalue weighted by atomic mass is 9.93. The summed E-state index contributed by atoms with van der Waals surface area (Å²) in [5, 5.41) is 0. The summed E-state index contributed by atoms with van der Waals surface area (Å²) in [4.78, 5) is 2.55. The highest BCUT2D eigenvalue weighted by Gasteiger charge is 2.38. The van der Waals surface area contributed by atoms with Gasteiger partial charge in [0.2, 0.25) is 0 Å². The standard InChI is InChI=1S/C20H23NO2/c1-2-4-16(5-3-1)14-22-19-6-8-20(9-7-19)23-15-18-13-21-11-10-17(18)12-21/h1-9,17-18H,10-15H2. The quantitative estimate of drug-likeness (QED) is 0.814. The maximum atomic E-state index is 5.98. The van der Waals surface area contributed by atoms with Gasteiger partial charge in [-0.05, 0) is 48.7 Å². The Morgan fingerprint density at radius 1 is 0.870 bits per heavy atom. The van der Waals surface area contributed by atoms with Gasteiger partial charge in [0.15, 0.2) is 0 Å². The fraction of sp³-hybridized carbons (Fsp3) is 0.400. The van der Waals surface area contributed by atoms with Crippen LogP contribution in [-0.4, -0.2) is 31.1 Å². The van der Waals surface area contributed by atoms with Crippen molar-refractivity contribution in [2.24, 2.45) is 11.8 Å². The molecule has 0 aliphatic carbocycles. The van der Waals surface area contributed by atoms with Gasteiger partial charge in [-0.1, -0.05) is 30.3 Å². The maximum absolute atomic E-state index is 5.98. The molecule has 0 N–H and O–H groups in total. The van der Waals surface area contributed by atoms with Gasteiger partial charge in [0.25, 0.3) is 0 Å². The van der Waals surface area contributed by atoms with Gasteiger partial charge in [-0.2, -0.15) is 0 Å². The van der Waals surface area contributed by atoms with E-state index in [1.807, 2.05) is 42.5 Å². The molecule has 2 aromatic carbocycles. The lowest BCUT2D eigenvalue weighted by Gasteiger charge is -2.22. The Labute approximate surface area is 137 Å². The first-order chi connectivity index (χ1) is 11.4. The minimum Gasteiger partial charge on any atom is -0.493 e. The van der Waals surface area contributed by atoms with Gasteiger partial charge in [-0.15, -0.1) is 0 Å². The summed E-state index contributed by atoms with van der Waals surface area (Å²) >= 11 is 0. The summed E-state index contributed by atoms with van der Waals surface area (Å²) in [7, 11) is 0. The van der Waals surface area contributed by atoms with Crippen molar-refractivity contribution in [2.45, 2.75) is 13.0 Å². The van der Waals surface area contributed by atoms with E-state index < -0.39 is 0 Å². The molecule has 3 unspecified atom stereocenters. The number of benzene rings is 2. The fourth-order valence-electron chi connectivity index (χ4n) is 3.66. The maximum Gasteiger partial charge on any atom is 0.120 e. The smallest absolute Gasteiger partial charge is 0.120 e. The lowest BCUT2D eigenvalue weighted by Crippen LogP contribution is -2.27. The molecule has 0 aromatic heterocycles. The van der Waals surface area contributed by atoms with Crippen LogP contribution in [0, 0.1) is 11.8 Å². The van der Waals surface area contributed by atoms with Crippen LogP contribution in [0.5, 0.6) is 11.5 Å². The average Bonchev–Trinajstić information content (AvgIpc) is 3.23. The zero-order chi connectivity index (χ0) is 15.5. The molecule has 2 fully saturated rings. The molecule has 2 aliphatic heterocycles. The van der Waals surface area contributed by atoms with Crippen LogP contribution in [-0.2, 0) is 6.61 Å². The Balaban J connectivity index is 1.26. The highest BCUT2D eigenvalue weighted by molar-refractivity contribution is 5.31. The van der Waals surface area contributed by atoms with Gasteiger partial charge in [-0.25, -0.2) is 0 Å². The van der Waals surface area contributed by atoms with Crippen molar-refractivity contribution in [1.29, 1.82) is 0 Å². The van der Waals surface area contributed by atoms with Crippen LogP contribution in [0.3, 0.4) is 0 Å². The van der Waals surface area contributed by atoms with E-state index in [0.29, 0.717) is 12.5 Å². The van der Waals surface area contributed by atoms with Crippen LogP contribution < -0.4 is 9.47 Å². The highest BCUT2D eigenvalue weighted by Crippen LogP contribution is 2.33. The summed E-state index contributed by atoms with van der Waals surface area (Å²) < 4.78 is 11.8. The molecular formula is C20H23NO2. The van der Waals surface area contributed by atoms with Crippen LogP contribution in [0.25, 0.3) is 0 Å². The monoisotopic (exact) mass is 309 g/mol. The number of nitrogens with zero attached hydrogens (tertiary/aromatic N) is 1. The Hall–Kier alpha value is -2.00. The molecule has 2 aliphatic rings. The fourth-order valence-corrected chi connectivity index (χ4v) is 3.66. The molecule has 4 rings (SSSR count). The second-order valence-corrected chi connectivity index (χ2v) is 6.63. The number of rotatable bonds is 6. The summed E-state index contributed by atoms with van der Waals surface area (Å²) in [6.45, 7) is 5.21. The van der Waals surface area contributed by atoms with Crippen molar-refractivity contribution in [1.82, 2.24) is 4.90 Å². The molecule has 2 aromatic rings. The predicted molar refractivity (Wildman–Crippen MR) is 90.7 cm³/mol. The Bertz CT molecular complexity index is 626. The molecular weight excluding hydrogens is 286 g/mol. The molecule has 0 saturated carbocycles. The van der Waals surface area contributed by atoms with Crippen molar-refractivity contribution < 1.29 is 9.47 Å². The number of fused-ring (bicyclic) bond motifs is 2. The van der Waals surface area contributed by atoms with E-state index in [1.54, 1.807) is 0 Å². The van der Waals surface area contributed by atoms with Gasteiger partial charge in [0, 0.05) is 19.0 Å². The van der Waals surface area contributed by atoms with Crippen molar-refractivity contribution in [3.05, 3.63) is 60.2 Å². The number of piperidine rings is 1. The normalized spacial score (nSPS) is 25.5. The van der Waals surface area contributed by atoms with Crippen molar-refractivity contribution >= 4 is 0 Å². The molecule has 23 heavy (non-hydrogen) atoms. The van der Waals surface area contributed by atoms with Gasteiger partial charge in [0.05, 0.1) is 6.61 Å². The second kappa shape index (κ2) is 6.63. The van der Waals surface area contributed by atoms with Gasteiger partial charge >= 0.3 is 0 Å². The van der Waals surface area contributed by atoms with Crippen LogP contribution in [0.4, 0.5) is 0 Å². The molecule has 0 radical (unpaired) electrons. The van der Waals surface area contributed by atoms with E-state index in [1.165, 1.54) is 31.6 Å². The predicted octanol–water partition coefficient (Wildman–Crippen LogP) is 3.60. The van der Waals surface area contributed by atoms with Crippen LogP contribution in [0.2, 0.25) is 0 Å². The summed E-state index contributed by atoms with van der Waals surface area (Å²) in [6.07, 6.45) is 1.35. The molecule has 0 spiro atoms. The van der Waals surface area contributed by atoms with E-state index in [9.17, 15) is 0 Å². The molecule has 2 bridgehead atoms. The van der Waals surface area contributed by atoms with Gasteiger partial charge in [0.1, 0.15) is 18.1 Å². The van der Waals surface area contributed by atoms with Crippen LogP contribution >= 0.6 is 0 Å². The average molecular weight is 309 g/mol. The minimum absolute atomic E-state index is 0.598.